The summed E-state index contributed by atoms with van der Waals surface area (Å²) in [6.45, 7) is 6.78. The molecule has 1 nitrogen and oxygen atoms in total. The van der Waals surface area contributed by atoms with Crippen LogP contribution in [-0.2, 0) is 0 Å². The van der Waals surface area contributed by atoms with Crippen LogP contribution in [0.4, 0.5) is 0 Å². The second-order valence-electron chi connectivity index (χ2n) is 5.70. The third-order valence-corrected chi connectivity index (χ3v) is 3.92. The van der Waals surface area contributed by atoms with E-state index in [1.165, 1.54) is 44.9 Å². The zero-order valence-electron chi connectivity index (χ0n) is 10.7. The zero-order chi connectivity index (χ0) is 11.3. The van der Waals surface area contributed by atoms with Gasteiger partial charge in [0.15, 0.2) is 0 Å². The summed E-state index contributed by atoms with van der Waals surface area (Å²) in [4.78, 5) is 0. The molecule has 1 rings (SSSR count). The Morgan fingerprint density at radius 1 is 1.13 bits per heavy atom. The van der Waals surface area contributed by atoms with Crippen molar-refractivity contribution in [3.63, 3.8) is 0 Å². The molecule has 0 aromatic carbocycles. The minimum absolute atomic E-state index is 0.00954. The number of unbranched alkanes of at least 4 members (excludes halogenated alkanes) is 1. The van der Waals surface area contributed by atoms with E-state index in [0.29, 0.717) is 11.8 Å². The zero-order valence-corrected chi connectivity index (χ0v) is 10.7. The second kappa shape index (κ2) is 6.52. The molecule has 1 aliphatic carbocycles. The monoisotopic (exact) mass is 212 g/mol. The average molecular weight is 212 g/mol. The van der Waals surface area contributed by atoms with Crippen molar-refractivity contribution in [1.29, 1.82) is 0 Å². The van der Waals surface area contributed by atoms with Gasteiger partial charge in [0, 0.05) is 0 Å². The van der Waals surface area contributed by atoms with Gasteiger partial charge in [0.2, 0.25) is 0 Å². The molecule has 0 aliphatic heterocycles. The molecule has 0 heterocycles. The number of rotatable bonds is 6. The molecule has 1 heteroatoms. The Balaban J connectivity index is 2.25. The Morgan fingerprint density at radius 3 is 2.27 bits per heavy atom. The molecule has 0 saturated heterocycles. The molecule has 90 valence electrons. The van der Waals surface area contributed by atoms with Gasteiger partial charge < -0.3 is 5.11 Å². The highest BCUT2D eigenvalue weighted by Crippen LogP contribution is 2.37. The van der Waals surface area contributed by atoms with Crippen molar-refractivity contribution in [2.24, 2.45) is 17.8 Å². The molecule has 1 aliphatic rings. The van der Waals surface area contributed by atoms with Crippen molar-refractivity contribution in [2.45, 2.75) is 71.8 Å². The second-order valence-corrected chi connectivity index (χ2v) is 5.70. The lowest BCUT2D eigenvalue weighted by Crippen LogP contribution is -2.21. The fraction of sp³-hybridized carbons (Fsp3) is 1.00. The summed E-state index contributed by atoms with van der Waals surface area (Å²) in [6, 6.07) is 0. The summed E-state index contributed by atoms with van der Waals surface area (Å²) in [5.74, 6) is 2.00. The number of hydrogen-bond donors (Lipinski definition) is 1. The van der Waals surface area contributed by atoms with Gasteiger partial charge in [-0.15, -0.1) is 0 Å². The van der Waals surface area contributed by atoms with E-state index in [2.05, 4.69) is 20.8 Å². The van der Waals surface area contributed by atoms with Crippen LogP contribution in [0.1, 0.15) is 65.7 Å². The van der Waals surface area contributed by atoms with Gasteiger partial charge in [-0.25, -0.2) is 0 Å². The molecule has 0 aromatic heterocycles. The van der Waals surface area contributed by atoms with Crippen LogP contribution in [0.3, 0.4) is 0 Å². The van der Waals surface area contributed by atoms with Gasteiger partial charge in [0.25, 0.3) is 0 Å². The topological polar surface area (TPSA) is 20.2 Å². The Hall–Kier alpha value is -0.0400. The molecule has 1 N–H and O–H groups in total. The minimum atomic E-state index is 0.00954. The van der Waals surface area contributed by atoms with E-state index >= 15 is 0 Å². The van der Waals surface area contributed by atoms with Crippen LogP contribution in [0.2, 0.25) is 0 Å². The maximum Gasteiger partial charge on any atom is 0.0596 e. The van der Waals surface area contributed by atoms with Crippen molar-refractivity contribution >= 4 is 0 Å². The predicted octanol–water partition coefficient (Wildman–Crippen LogP) is 4.00. The summed E-state index contributed by atoms with van der Waals surface area (Å²) in [6.07, 6.45) is 8.86. The van der Waals surface area contributed by atoms with Crippen LogP contribution in [0, 0.1) is 17.8 Å². The first kappa shape index (κ1) is 13.0. The van der Waals surface area contributed by atoms with Gasteiger partial charge in [0.05, 0.1) is 6.10 Å². The fourth-order valence-corrected chi connectivity index (χ4v) is 2.80. The van der Waals surface area contributed by atoms with E-state index in [0.717, 1.165) is 5.92 Å². The summed E-state index contributed by atoms with van der Waals surface area (Å²) >= 11 is 0. The van der Waals surface area contributed by atoms with Crippen molar-refractivity contribution in [1.82, 2.24) is 0 Å². The van der Waals surface area contributed by atoms with Crippen LogP contribution in [-0.4, -0.2) is 11.2 Å². The molecule has 0 bridgehead atoms. The highest BCUT2D eigenvalue weighted by Gasteiger charge is 2.33. The molecule has 15 heavy (non-hydrogen) atoms. The number of hydrogen-bond acceptors (Lipinski definition) is 1. The van der Waals surface area contributed by atoms with E-state index in [1.807, 2.05) is 0 Å². The van der Waals surface area contributed by atoms with Crippen molar-refractivity contribution in [3.05, 3.63) is 0 Å². The van der Waals surface area contributed by atoms with E-state index in [1.54, 1.807) is 0 Å². The summed E-state index contributed by atoms with van der Waals surface area (Å²) < 4.78 is 0. The van der Waals surface area contributed by atoms with Crippen LogP contribution >= 0.6 is 0 Å². The van der Waals surface area contributed by atoms with Gasteiger partial charge >= 0.3 is 0 Å². The first-order chi connectivity index (χ1) is 7.15. The third kappa shape index (κ3) is 4.14. The maximum absolute atomic E-state index is 10.2. The summed E-state index contributed by atoms with van der Waals surface area (Å²) in [5, 5.41) is 10.2. The first-order valence-corrected chi connectivity index (χ1v) is 6.83. The predicted molar refractivity (Wildman–Crippen MR) is 65.8 cm³/mol. The summed E-state index contributed by atoms with van der Waals surface area (Å²) in [7, 11) is 0. The van der Waals surface area contributed by atoms with Gasteiger partial charge in [-0.2, -0.15) is 0 Å². The molecule has 3 unspecified atom stereocenters. The third-order valence-electron chi connectivity index (χ3n) is 3.92. The van der Waals surface area contributed by atoms with Gasteiger partial charge in [0.1, 0.15) is 0 Å². The maximum atomic E-state index is 10.2. The molecule has 1 saturated carbocycles. The van der Waals surface area contributed by atoms with Crippen molar-refractivity contribution < 1.29 is 5.11 Å². The van der Waals surface area contributed by atoms with Gasteiger partial charge in [-0.3, -0.25) is 0 Å². The Morgan fingerprint density at radius 2 is 1.73 bits per heavy atom. The smallest absolute Gasteiger partial charge is 0.0596 e. The quantitative estimate of drug-likeness (QED) is 0.705. The van der Waals surface area contributed by atoms with Crippen LogP contribution < -0.4 is 0 Å². The van der Waals surface area contributed by atoms with Crippen LogP contribution in [0.5, 0.6) is 0 Å². The van der Waals surface area contributed by atoms with E-state index in [9.17, 15) is 5.11 Å². The Bertz CT molecular complexity index is 165. The van der Waals surface area contributed by atoms with E-state index in [-0.39, 0.29) is 6.10 Å². The molecule has 0 aromatic rings. The molecular weight excluding hydrogens is 184 g/mol. The SMILES string of the molecule is CCCCC1CCC(CCC(C)C)C1O. The molecule has 0 amide bonds. The van der Waals surface area contributed by atoms with E-state index < -0.39 is 0 Å². The lowest BCUT2D eigenvalue weighted by Gasteiger charge is -2.20. The highest BCUT2D eigenvalue weighted by atomic mass is 16.3. The Labute approximate surface area is 95.3 Å². The van der Waals surface area contributed by atoms with Crippen molar-refractivity contribution in [2.75, 3.05) is 0 Å². The summed E-state index contributed by atoms with van der Waals surface area (Å²) in [5.41, 5.74) is 0. The van der Waals surface area contributed by atoms with E-state index in [4.69, 9.17) is 0 Å². The highest BCUT2D eigenvalue weighted by molar-refractivity contribution is 4.84. The molecule has 1 fully saturated rings. The minimum Gasteiger partial charge on any atom is -0.393 e. The standard InChI is InChI=1S/C14H28O/c1-4-5-6-12-9-10-13(14(12)15)8-7-11(2)3/h11-15H,4-10H2,1-3H3. The van der Waals surface area contributed by atoms with Gasteiger partial charge in [-0.05, 0) is 43.4 Å². The lowest BCUT2D eigenvalue weighted by molar-refractivity contribution is 0.0805. The van der Waals surface area contributed by atoms with Crippen LogP contribution in [0.15, 0.2) is 0 Å². The fourth-order valence-electron chi connectivity index (χ4n) is 2.80. The molecule has 3 atom stereocenters. The Kier molecular flexibility index (Phi) is 5.66. The average Bonchev–Trinajstić information content (AvgIpc) is 2.54. The van der Waals surface area contributed by atoms with Crippen LogP contribution in [0.25, 0.3) is 0 Å². The largest absolute Gasteiger partial charge is 0.393 e. The molecular formula is C14H28O. The molecule has 0 radical (unpaired) electrons. The number of aliphatic hydroxyl groups excluding tert-OH is 1. The van der Waals surface area contributed by atoms with Gasteiger partial charge in [-0.1, -0.05) is 40.0 Å². The first-order valence-electron chi connectivity index (χ1n) is 6.83. The lowest BCUT2D eigenvalue weighted by atomic mass is 9.91. The number of aliphatic hydroxyl groups is 1. The van der Waals surface area contributed by atoms with Crippen molar-refractivity contribution in [3.8, 4) is 0 Å². The molecule has 0 spiro atoms. The normalized spacial score (nSPS) is 31.4.